The number of carbonyl (C=O) groups excluding carboxylic acids is 2. The number of phenols is 1. The van der Waals surface area contributed by atoms with Crippen molar-refractivity contribution in [3.8, 4) is 5.75 Å². The number of rotatable bonds is 3. The van der Waals surface area contributed by atoms with Gasteiger partial charge in [0.25, 0.3) is 5.91 Å². The molecule has 0 spiro atoms. The van der Waals surface area contributed by atoms with Crippen LogP contribution in [0.3, 0.4) is 0 Å². The number of aromatic hydroxyl groups is 1. The zero-order valence-electron chi connectivity index (χ0n) is 15.0. The number of phenolic OH excluding ortho intramolecular Hbond substituents is 1. The summed E-state index contributed by atoms with van der Waals surface area (Å²) < 4.78 is 0. The van der Waals surface area contributed by atoms with Gasteiger partial charge in [-0.3, -0.25) is 9.59 Å². The first-order valence-electron chi connectivity index (χ1n) is 8.81. The van der Waals surface area contributed by atoms with Gasteiger partial charge in [-0.05, 0) is 30.5 Å². The minimum atomic E-state index is -0.718. The molecule has 1 aliphatic carbocycles. The van der Waals surface area contributed by atoms with E-state index < -0.39 is 23.1 Å². The third kappa shape index (κ3) is 3.03. The Bertz CT molecular complexity index is 738. The number of hydrogen-bond acceptors (Lipinski definition) is 4. The van der Waals surface area contributed by atoms with E-state index in [0.717, 1.165) is 25.7 Å². The normalized spacial score (nSPS) is 22.1. The molecule has 134 valence electrons. The second kappa shape index (κ2) is 6.21. The van der Waals surface area contributed by atoms with E-state index in [4.69, 9.17) is 0 Å². The number of amides is 1. The summed E-state index contributed by atoms with van der Waals surface area (Å²) >= 11 is 0. The second-order valence-electron chi connectivity index (χ2n) is 7.99. The van der Waals surface area contributed by atoms with Crippen LogP contribution in [0.25, 0.3) is 0 Å². The lowest BCUT2D eigenvalue weighted by Crippen LogP contribution is -2.39. The third-order valence-corrected chi connectivity index (χ3v) is 5.07. The average molecular weight is 343 g/mol. The highest BCUT2D eigenvalue weighted by Crippen LogP contribution is 2.44. The van der Waals surface area contributed by atoms with Crippen molar-refractivity contribution in [2.24, 2.45) is 5.41 Å². The molecule has 5 nitrogen and oxygen atoms in total. The summed E-state index contributed by atoms with van der Waals surface area (Å²) in [5, 5.41) is 20.4. The van der Waals surface area contributed by atoms with E-state index in [1.165, 1.54) is 0 Å². The molecule has 1 unspecified atom stereocenters. The van der Waals surface area contributed by atoms with Crippen molar-refractivity contribution in [1.29, 1.82) is 0 Å². The fourth-order valence-corrected chi connectivity index (χ4v) is 3.84. The van der Waals surface area contributed by atoms with Crippen molar-refractivity contribution >= 4 is 11.7 Å². The van der Waals surface area contributed by atoms with Gasteiger partial charge < -0.3 is 15.1 Å². The zero-order valence-corrected chi connectivity index (χ0v) is 15.0. The van der Waals surface area contributed by atoms with Crippen molar-refractivity contribution in [2.45, 2.75) is 58.5 Å². The lowest BCUT2D eigenvalue weighted by Gasteiger charge is -2.33. The molecule has 0 saturated heterocycles. The molecule has 3 rings (SSSR count). The number of aliphatic hydroxyl groups excluding tert-OH is 1. The molecule has 0 radical (unpaired) electrons. The van der Waals surface area contributed by atoms with Crippen molar-refractivity contribution in [2.75, 3.05) is 0 Å². The molecule has 1 saturated carbocycles. The zero-order chi connectivity index (χ0) is 18.4. The number of nitrogens with zero attached hydrogens (tertiary/aromatic N) is 1. The molecular formula is C20H25NO4. The molecule has 1 aliphatic heterocycles. The molecule has 5 heteroatoms. The summed E-state index contributed by atoms with van der Waals surface area (Å²) in [5.41, 5.74) is 0.0802. The van der Waals surface area contributed by atoms with Crippen molar-refractivity contribution < 1.29 is 19.8 Å². The van der Waals surface area contributed by atoms with Crippen LogP contribution in [-0.4, -0.2) is 32.8 Å². The van der Waals surface area contributed by atoms with Crippen LogP contribution < -0.4 is 0 Å². The summed E-state index contributed by atoms with van der Waals surface area (Å²) in [5.74, 6) is -1.09. The standard InChI is InChI=1S/C20H25NO4/c1-20(2,3)18(24)15-16(12-7-6-10-14(22)11-12)21(19(25)17(15)23)13-8-4-5-9-13/h6-7,10-11,13,16,22-23H,4-5,8-9H2,1-3H3. The Hall–Kier alpha value is -2.30. The number of hydrogen-bond donors (Lipinski definition) is 2. The molecular weight excluding hydrogens is 318 g/mol. The van der Waals surface area contributed by atoms with E-state index in [9.17, 15) is 19.8 Å². The molecule has 2 aliphatic rings. The van der Waals surface area contributed by atoms with E-state index in [0.29, 0.717) is 5.56 Å². The van der Waals surface area contributed by atoms with Gasteiger partial charge in [0.15, 0.2) is 11.5 Å². The number of ketones is 1. The van der Waals surface area contributed by atoms with Gasteiger partial charge in [0, 0.05) is 11.5 Å². The van der Waals surface area contributed by atoms with E-state index >= 15 is 0 Å². The van der Waals surface area contributed by atoms with Gasteiger partial charge in [-0.15, -0.1) is 0 Å². The van der Waals surface area contributed by atoms with Crippen LogP contribution in [0.4, 0.5) is 0 Å². The minimum Gasteiger partial charge on any atom is -0.508 e. The fourth-order valence-electron chi connectivity index (χ4n) is 3.84. The summed E-state index contributed by atoms with van der Waals surface area (Å²) in [6, 6.07) is 5.95. The number of benzene rings is 1. The lowest BCUT2D eigenvalue weighted by atomic mass is 9.82. The quantitative estimate of drug-likeness (QED) is 0.878. The van der Waals surface area contributed by atoms with Crippen molar-refractivity contribution in [3.63, 3.8) is 0 Å². The van der Waals surface area contributed by atoms with Gasteiger partial charge in [0.2, 0.25) is 0 Å². The van der Waals surface area contributed by atoms with Gasteiger partial charge in [0.05, 0.1) is 11.6 Å². The highest BCUT2D eigenvalue weighted by molar-refractivity contribution is 6.10. The molecule has 1 fully saturated rings. The minimum absolute atomic E-state index is 0.00673. The molecule has 1 aromatic carbocycles. The molecule has 1 atom stereocenters. The number of carbonyl (C=O) groups is 2. The molecule has 1 heterocycles. The first kappa shape index (κ1) is 17.5. The molecule has 1 aromatic rings. The largest absolute Gasteiger partial charge is 0.508 e. The maximum Gasteiger partial charge on any atom is 0.290 e. The van der Waals surface area contributed by atoms with E-state index in [2.05, 4.69) is 0 Å². The van der Waals surface area contributed by atoms with Crippen LogP contribution in [0.15, 0.2) is 35.6 Å². The van der Waals surface area contributed by atoms with Crippen LogP contribution in [0.5, 0.6) is 5.75 Å². The fraction of sp³-hybridized carbons (Fsp3) is 0.500. The Kier molecular flexibility index (Phi) is 4.35. The Labute approximate surface area is 148 Å². The lowest BCUT2D eigenvalue weighted by molar-refractivity contribution is -0.131. The highest BCUT2D eigenvalue weighted by Gasteiger charge is 2.48. The monoisotopic (exact) mass is 343 g/mol. The molecule has 0 aromatic heterocycles. The number of aliphatic hydroxyl groups is 1. The Morgan fingerprint density at radius 1 is 1.16 bits per heavy atom. The first-order chi connectivity index (χ1) is 11.7. The predicted octanol–water partition coefficient (Wildman–Crippen LogP) is 3.65. The first-order valence-corrected chi connectivity index (χ1v) is 8.81. The van der Waals surface area contributed by atoms with Gasteiger partial charge in [-0.2, -0.15) is 0 Å². The summed E-state index contributed by atoms with van der Waals surface area (Å²) in [7, 11) is 0. The summed E-state index contributed by atoms with van der Waals surface area (Å²) in [6.07, 6.45) is 3.80. The van der Waals surface area contributed by atoms with Crippen molar-refractivity contribution in [3.05, 3.63) is 41.2 Å². The van der Waals surface area contributed by atoms with Crippen LogP contribution in [-0.2, 0) is 9.59 Å². The second-order valence-corrected chi connectivity index (χ2v) is 7.99. The summed E-state index contributed by atoms with van der Waals surface area (Å²) in [4.78, 5) is 27.4. The van der Waals surface area contributed by atoms with Gasteiger partial charge in [0.1, 0.15) is 5.75 Å². The predicted molar refractivity (Wildman–Crippen MR) is 94.1 cm³/mol. The van der Waals surface area contributed by atoms with Gasteiger partial charge in [-0.1, -0.05) is 45.7 Å². The summed E-state index contributed by atoms with van der Waals surface area (Å²) in [6.45, 7) is 5.33. The van der Waals surface area contributed by atoms with Crippen LogP contribution >= 0.6 is 0 Å². The molecule has 1 amide bonds. The highest BCUT2D eigenvalue weighted by atomic mass is 16.3. The molecule has 25 heavy (non-hydrogen) atoms. The third-order valence-electron chi connectivity index (χ3n) is 5.07. The van der Waals surface area contributed by atoms with Gasteiger partial charge >= 0.3 is 0 Å². The SMILES string of the molecule is CC(C)(C)C(=O)C1=C(O)C(=O)N(C2CCCC2)C1c1cccc(O)c1. The topological polar surface area (TPSA) is 77.8 Å². The Morgan fingerprint density at radius 2 is 1.80 bits per heavy atom. The van der Waals surface area contributed by atoms with E-state index in [-0.39, 0.29) is 23.1 Å². The maximum atomic E-state index is 13.0. The maximum absolute atomic E-state index is 13.0. The Morgan fingerprint density at radius 3 is 2.36 bits per heavy atom. The smallest absolute Gasteiger partial charge is 0.290 e. The van der Waals surface area contributed by atoms with Crippen LogP contribution in [0.2, 0.25) is 0 Å². The van der Waals surface area contributed by atoms with Crippen molar-refractivity contribution in [1.82, 2.24) is 4.90 Å². The van der Waals surface area contributed by atoms with E-state index in [1.54, 1.807) is 49.9 Å². The molecule has 2 N–H and O–H groups in total. The number of Topliss-reactive ketones (excluding diaryl/α,β-unsaturated/α-hetero) is 1. The van der Waals surface area contributed by atoms with Crippen LogP contribution in [0.1, 0.15) is 58.1 Å². The van der Waals surface area contributed by atoms with Crippen LogP contribution in [0, 0.1) is 5.41 Å². The average Bonchev–Trinajstić information content (AvgIpc) is 3.13. The van der Waals surface area contributed by atoms with E-state index in [1.807, 2.05) is 0 Å². The van der Waals surface area contributed by atoms with Gasteiger partial charge in [-0.25, -0.2) is 0 Å². The molecule has 0 bridgehead atoms. The Balaban J connectivity index is 2.13.